The normalized spacial score (nSPS) is 11.8. The lowest BCUT2D eigenvalue weighted by atomic mass is 10.1. The number of allylic oxidation sites excluding steroid dienone is 1. The second kappa shape index (κ2) is 8.64. The molecule has 0 saturated heterocycles. The van der Waals surface area contributed by atoms with E-state index in [0.29, 0.717) is 6.61 Å². The molecule has 3 nitrogen and oxygen atoms in total. The number of nitrogens with one attached hydrogen (secondary N) is 1. The maximum absolute atomic E-state index is 11.5. The largest absolute Gasteiger partial charge is 0.449 e. The van der Waals surface area contributed by atoms with Crippen LogP contribution in [0.4, 0.5) is 10.5 Å². The van der Waals surface area contributed by atoms with Gasteiger partial charge in [-0.15, -0.1) is 18.2 Å². The number of benzene rings is 1. The molecule has 1 unspecified atom stereocenters. The van der Waals surface area contributed by atoms with Crippen LogP contribution in [-0.2, 0) is 4.74 Å². The quantitative estimate of drug-likeness (QED) is 0.441. The summed E-state index contributed by atoms with van der Waals surface area (Å²) in [6.45, 7) is 8.15. The summed E-state index contributed by atoms with van der Waals surface area (Å²) in [5, 5.41) is 2.75. The lowest BCUT2D eigenvalue weighted by Crippen LogP contribution is -2.15. The van der Waals surface area contributed by atoms with Gasteiger partial charge >= 0.3 is 6.09 Å². The van der Waals surface area contributed by atoms with Gasteiger partial charge in [0.15, 0.2) is 0 Å². The molecular formula is C16H22ClNO2. The van der Waals surface area contributed by atoms with E-state index in [0.717, 1.165) is 36.1 Å². The van der Waals surface area contributed by atoms with E-state index in [9.17, 15) is 4.79 Å². The Kier molecular flexibility index (Phi) is 7.16. The number of rotatable bonds is 7. The molecule has 0 aliphatic rings. The first kappa shape index (κ1) is 16.6. The zero-order chi connectivity index (χ0) is 15.0. The fourth-order valence-corrected chi connectivity index (χ4v) is 2.16. The van der Waals surface area contributed by atoms with Crippen LogP contribution in [-0.4, -0.2) is 18.1 Å². The molecule has 0 aliphatic carbocycles. The molecule has 0 saturated carbocycles. The highest BCUT2D eigenvalue weighted by atomic mass is 35.5. The van der Waals surface area contributed by atoms with Gasteiger partial charge in [0.25, 0.3) is 0 Å². The van der Waals surface area contributed by atoms with Gasteiger partial charge in [-0.3, -0.25) is 5.32 Å². The van der Waals surface area contributed by atoms with Crippen molar-refractivity contribution in [2.75, 3.05) is 11.9 Å². The number of carbonyl (C=O) groups excluding carboxylic acids is 1. The number of carbonyl (C=O) groups is 1. The molecule has 1 aromatic carbocycles. The molecule has 1 atom stereocenters. The van der Waals surface area contributed by atoms with E-state index < -0.39 is 6.09 Å². The Hall–Kier alpha value is -1.48. The topological polar surface area (TPSA) is 38.3 Å². The minimum atomic E-state index is -0.431. The van der Waals surface area contributed by atoms with E-state index in [1.807, 2.05) is 38.1 Å². The van der Waals surface area contributed by atoms with Crippen LogP contribution in [0.25, 0.3) is 0 Å². The van der Waals surface area contributed by atoms with E-state index in [-0.39, 0.29) is 5.38 Å². The summed E-state index contributed by atoms with van der Waals surface area (Å²) in [6.07, 6.45) is 1.94. The third-order valence-corrected chi connectivity index (χ3v) is 3.14. The molecule has 0 aromatic heterocycles. The molecule has 20 heavy (non-hydrogen) atoms. The summed E-state index contributed by atoms with van der Waals surface area (Å²) in [6, 6.07) is 7.56. The summed E-state index contributed by atoms with van der Waals surface area (Å²) >= 11 is 6.12. The number of hydrogen-bond acceptors (Lipinski definition) is 2. The Morgan fingerprint density at radius 1 is 1.40 bits per heavy atom. The molecule has 4 heteroatoms. The summed E-state index contributed by atoms with van der Waals surface area (Å²) < 4.78 is 5.10. The van der Waals surface area contributed by atoms with Crippen LogP contribution < -0.4 is 5.32 Å². The lowest BCUT2D eigenvalue weighted by molar-refractivity contribution is 0.159. The van der Waals surface area contributed by atoms with Crippen LogP contribution in [0.15, 0.2) is 36.4 Å². The summed E-state index contributed by atoms with van der Waals surface area (Å²) in [4.78, 5) is 11.5. The van der Waals surface area contributed by atoms with Crippen molar-refractivity contribution >= 4 is 23.4 Å². The number of alkyl halides is 1. The number of anilines is 1. The monoisotopic (exact) mass is 295 g/mol. The first-order valence-electron chi connectivity index (χ1n) is 6.76. The molecule has 110 valence electrons. The van der Waals surface area contributed by atoms with Gasteiger partial charge in [-0.05, 0) is 45.2 Å². The van der Waals surface area contributed by atoms with Gasteiger partial charge in [0, 0.05) is 11.1 Å². The van der Waals surface area contributed by atoms with Crippen LogP contribution in [0, 0.1) is 6.92 Å². The van der Waals surface area contributed by atoms with E-state index >= 15 is 0 Å². The Balaban J connectivity index is 2.17. The second-order valence-electron chi connectivity index (χ2n) is 5.03. The maximum Gasteiger partial charge on any atom is 0.411 e. The molecule has 0 aliphatic heterocycles. The van der Waals surface area contributed by atoms with E-state index in [1.165, 1.54) is 0 Å². The molecule has 0 bridgehead atoms. The van der Waals surface area contributed by atoms with Crippen LogP contribution in [0.1, 0.15) is 31.7 Å². The number of ether oxygens (including phenoxy) is 1. The Bertz CT molecular complexity index is 442. The second-order valence-corrected chi connectivity index (χ2v) is 5.64. The standard InChI is InChI=1S/C16H22ClNO2/c1-12(2)11-14(17)5-4-10-20-16(19)18-15-8-6-13(3)7-9-15/h6-9,14H,1,4-5,10-11H2,2-3H3,(H,18,19). The fourth-order valence-electron chi connectivity index (χ4n) is 1.74. The number of amides is 1. The zero-order valence-corrected chi connectivity index (χ0v) is 12.9. The molecule has 0 heterocycles. The van der Waals surface area contributed by atoms with E-state index in [1.54, 1.807) is 0 Å². The first-order chi connectivity index (χ1) is 9.47. The van der Waals surface area contributed by atoms with E-state index in [4.69, 9.17) is 16.3 Å². The highest BCUT2D eigenvalue weighted by Crippen LogP contribution is 2.14. The Labute approximate surface area is 126 Å². The van der Waals surface area contributed by atoms with Crippen LogP contribution in [0.2, 0.25) is 0 Å². The number of hydrogen-bond donors (Lipinski definition) is 1. The van der Waals surface area contributed by atoms with Gasteiger partial charge in [-0.1, -0.05) is 23.3 Å². The van der Waals surface area contributed by atoms with Gasteiger partial charge in [-0.25, -0.2) is 4.79 Å². The number of halogens is 1. The molecule has 1 aromatic rings. The minimum absolute atomic E-state index is 0.0660. The lowest BCUT2D eigenvalue weighted by Gasteiger charge is -2.10. The van der Waals surface area contributed by atoms with Gasteiger partial charge < -0.3 is 4.74 Å². The van der Waals surface area contributed by atoms with Gasteiger partial charge in [0.2, 0.25) is 0 Å². The first-order valence-corrected chi connectivity index (χ1v) is 7.20. The maximum atomic E-state index is 11.5. The molecule has 1 amide bonds. The molecule has 0 radical (unpaired) electrons. The summed E-state index contributed by atoms with van der Waals surface area (Å²) in [5.74, 6) is 0. The Morgan fingerprint density at radius 2 is 2.05 bits per heavy atom. The van der Waals surface area contributed by atoms with Crippen molar-refractivity contribution in [1.82, 2.24) is 0 Å². The molecule has 1 rings (SSSR count). The predicted molar refractivity (Wildman–Crippen MR) is 84.5 cm³/mol. The average molecular weight is 296 g/mol. The third kappa shape index (κ3) is 7.19. The Morgan fingerprint density at radius 3 is 2.65 bits per heavy atom. The summed E-state index contributed by atoms with van der Waals surface area (Å²) in [5.41, 5.74) is 2.95. The van der Waals surface area contributed by atoms with Crippen LogP contribution in [0.3, 0.4) is 0 Å². The SMILES string of the molecule is C=C(C)CC(Cl)CCCOC(=O)Nc1ccc(C)cc1. The predicted octanol–water partition coefficient (Wildman–Crippen LogP) is 4.90. The van der Waals surface area contributed by atoms with Crippen molar-refractivity contribution in [2.45, 2.75) is 38.5 Å². The average Bonchev–Trinajstić information content (AvgIpc) is 2.37. The van der Waals surface area contributed by atoms with Crippen molar-refractivity contribution in [3.8, 4) is 0 Å². The highest BCUT2D eigenvalue weighted by molar-refractivity contribution is 6.20. The highest BCUT2D eigenvalue weighted by Gasteiger charge is 2.06. The molecule has 0 spiro atoms. The molecule has 1 N–H and O–H groups in total. The molecular weight excluding hydrogens is 274 g/mol. The van der Waals surface area contributed by atoms with Gasteiger partial charge in [0.1, 0.15) is 0 Å². The fraction of sp³-hybridized carbons (Fsp3) is 0.438. The van der Waals surface area contributed by atoms with Crippen molar-refractivity contribution in [3.05, 3.63) is 42.0 Å². The zero-order valence-electron chi connectivity index (χ0n) is 12.1. The number of aryl methyl sites for hydroxylation is 1. The smallest absolute Gasteiger partial charge is 0.411 e. The van der Waals surface area contributed by atoms with E-state index in [2.05, 4.69) is 11.9 Å². The summed E-state index contributed by atoms with van der Waals surface area (Å²) in [7, 11) is 0. The van der Waals surface area contributed by atoms with Crippen molar-refractivity contribution < 1.29 is 9.53 Å². The third-order valence-electron chi connectivity index (χ3n) is 2.76. The minimum Gasteiger partial charge on any atom is -0.449 e. The van der Waals surface area contributed by atoms with Crippen LogP contribution >= 0.6 is 11.6 Å². The van der Waals surface area contributed by atoms with Gasteiger partial charge in [0.05, 0.1) is 6.61 Å². The van der Waals surface area contributed by atoms with Crippen molar-refractivity contribution in [1.29, 1.82) is 0 Å². The van der Waals surface area contributed by atoms with Crippen molar-refractivity contribution in [2.24, 2.45) is 0 Å². The van der Waals surface area contributed by atoms with Crippen molar-refractivity contribution in [3.63, 3.8) is 0 Å². The van der Waals surface area contributed by atoms with Gasteiger partial charge in [-0.2, -0.15) is 0 Å². The molecule has 0 fully saturated rings. The van der Waals surface area contributed by atoms with Crippen LogP contribution in [0.5, 0.6) is 0 Å².